The van der Waals surface area contributed by atoms with Crippen molar-refractivity contribution in [2.24, 2.45) is 11.5 Å². The molecule has 1 unspecified atom stereocenters. The highest BCUT2D eigenvalue weighted by atomic mass is 14.8. The summed E-state index contributed by atoms with van der Waals surface area (Å²) >= 11 is 0. The van der Waals surface area contributed by atoms with Gasteiger partial charge in [0.05, 0.1) is 0 Å². The summed E-state index contributed by atoms with van der Waals surface area (Å²) in [6.45, 7) is 4.21. The van der Waals surface area contributed by atoms with Gasteiger partial charge in [-0.3, -0.25) is 0 Å². The van der Waals surface area contributed by atoms with Gasteiger partial charge in [0.2, 0.25) is 0 Å². The number of hydrogen-bond donors (Lipinski definition) is 2. The number of nitrogens with two attached hydrogens (primary N) is 2. The highest BCUT2D eigenvalue weighted by Gasteiger charge is 2.28. The van der Waals surface area contributed by atoms with Crippen LogP contribution < -0.4 is 11.5 Å². The molecule has 0 saturated heterocycles. The quantitative estimate of drug-likeness (QED) is 0.775. The molecule has 0 heterocycles. The van der Waals surface area contributed by atoms with Gasteiger partial charge in [0.15, 0.2) is 0 Å². The van der Waals surface area contributed by atoms with Gasteiger partial charge in [-0.05, 0) is 24.8 Å². The second kappa shape index (κ2) is 5.29. The maximum Gasteiger partial charge on any atom is 0.0305 e. The maximum absolute atomic E-state index is 6.26. The first kappa shape index (κ1) is 12.2. The van der Waals surface area contributed by atoms with Crippen molar-refractivity contribution in [1.29, 1.82) is 0 Å². The van der Waals surface area contributed by atoms with E-state index < -0.39 is 0 Å². The first-order valence-electron chi connectivity index (χ1n) is 5.70. The summed E-state index contributed by atoms with van der Waals surface area (Å²) in [5.74, 6) is 0. The molecule has 0 amide bonds. The van der Waals surface area contributed by atoms with Gasteiger partial charge in [-0.25, -0.2) is 0 Å². The van der Waals surface area contributed by atoms with Crippen LogP contribution in [0.25, 0.3) is 0 Å². The molecule has 1 aromatic rings. The molecule has 0 saturated carbocycles. The average Bonchev–Trinajstić information content (AvgIpc) is 2.29. The topological polar surface area (TPSA) is 52.0 Å². The largest absolute Gasteiger partial charge is 0.326 e. The van der Waals surface area contributed by atoms with Gasteiger partial charge in [-0.15, -0.1) is 0 Å². The summed E-state index contributed by atoms with van der Waals surface area (Å²) in [4.78, 5) is 0. The maximum atomic E-state index is 6.26. The molecule has 2 nitrogen and oxygen atoms in total. The SMILES string of the molecule is CCC(N)(CC)C(N)Cc1ccccc1. The lowest BCUT2D eigenvalue weighted by Gasteiger charge is -2.33. The fourth-order valence-electron chi connectivity index (χ4n) is 1.85. The monoisotopic (exact) mass is 206 g/mol. The molecule has 4 N–H and O–H groups in total. The molecule has 0 aromatic heterocycles. The van der Waals surface area contributed by atoms with E-state index in [2.05, 4.69) is 26.0 Å². The van der Waals surface area contributed by atoms with E-state index in [1.54, 1.807) is 0 Å². The zero-order chi connectivity index (χ0) is 11.3. The van der Waals surface area contributed by atoms with Crippen LogP contribution in [0.1, 0.15) is 32.3 Å². The first-order chi connectivity index (χ1) is 7.12. The van der Waals surface area contributed by atoms with Crippen molar-refractivity contribution < 1.29 is 0 Å². The summed E-state index contributed by atoms with van der Waals surface area (Å²) in [6.07, 6.45) is 2.72. The second-order valence-electron chi connectivity index (χ2n) is 4.24. The van der Waals surface area contributed by atoms with Crippen molar-refractivity contribution in [3.63, 3.8) is 0 Å². The molecule has 0 radical (unpaired) electrons. The van der Waals surface area contributed by atoms with Crippen molar-refractivity contribution in [2.45, 2.75) is 44.7 Å². The minimum atomic E-state index is -0.226. The van der Waals surface area contributed by atoms with Crippen molar-refractivity contribution in [1.82, 2.24) is 0 Å². The molecule has 0 aliphatic rings. The van der Waals surface area contributed by atoms with Crippen molar-refractivity contribution in [2.75, 3.05) is 0 Å². The minimum absolute atomic E-state index is 0.0369. The van der Waals surface area contributed by atoms with Crippen molar-refractivity contribution >= 4 is 0 Å². The third-order valence-electron chi connectivity index (χ3n) is 3.35. The molecule has 0 aliphatic carbocycles. The number of rotatable bonds is 5. The van der Waals surface area contributed by atoms with Crippen LogP contribution in [0.15, 0.2) is 30.3 Å². The van der Waals surface area contributed by atoms with Gasteiger partial charge >= 0.3 is 0 Å². The Morgan fingerprint density at radius 3 is 2.13 bits per heavy atom. The second-order valence-corrected chi connectivity index (χ2v) is 4.24. The summed E-state index contributed by atoms with van der Waals surface area (Å²) in [5, 5.41) is 0. The van der Waals surface area contributed by atoms with Crippen LogP contribution >= 0.6 is 0 Å². The molecule has 2 heteroatoms. The molecule has 0 spiro atoms. The lowest BCUT2D eigenvalue weighted by Crippen LogP contribution is -2.55. The highest BCUT2D eigenvalue weighted by Crippen LogP contribution is 2.18. The molecular formula is C13H22N2. The van der Waals surface area contributed by atoms with Crippen LogP contribution in [0.4, 0.5) is 0 Å². The average molecular weight is 206 g/mol. The Hall–Kier alpha value is -0.860. The Balaban J connectivity index is 2.66. The van der Waals surface area contributed by atoms with Crippen LogP contribution in [-0.4, -0.2) is 11.6 Å². The van der Waals surface area contributed by atoms with Crippen molar-refractivity contribution in [3.05, 3.63) is 35.9 Å². The van der Waals surface area contributed by atoms with E-state index in [1.807, 2.05) is 18.2 Å². The fraction of sp³-hybridized carbons (Fsp3) is 0.538. The van der Waals surface area contributed by atoms with Crippen LogP contribution in [0.3, 0.4) is 0 Å². The van der Waals surface area contributed by atoms with E-state index in [-0.39, 0.29) is 11.6 Å². The Labute approximate surface area is 92.7 Å². The summed E-state index contributed by atoms with van der Waals surface area (Å²) in [5.41, 5.74) is 13.5. The predicted octanol–water partition coefficient (Wildman–Crippen LogP) is 2.07. The van der Waals surface area contributed by atoms with Gasteiger partial charge < -0.3 is 11.5 Å². The normalized spacial score (nSPS) is 13.9. The molecule has 0 fully saturated rings. The van der Waals surface area contributed by atoms with Gasteiger partial charge in [0, 0.05) is 11.6 Å². The lowest BCUT2D eigenvalue weighted by atomic mass is 9.83. The van der Waals surface area contributed by atoms with E-state index in [0.29, 0.717) is 0 Å². The molecule has 0 aliphatic heterocycles. The van der Waals surface area contributed by atoms with E-state index >= 15 is 0 Å². The molecule has 15 heavy (non-hydrogen) atoms. The van der Waals surface area contributed by atoms with Crippen molar-refractivity contribution in [3.8, 4) is 0 Å². The Kier molecular flexibility index (Phi) is 4.30. The third-order valence-corrected chi connectivity index (χ3v) is 3.35. The third kappa shape index (κ3) is 3.05. The lowest BCUT2D eigenvalue weighted by molar-refractivity contribution is 0.318. The molecule has 84 valence electrons. The zero-order valence-corrected chi connectivity index (χ0v) is 9.74. The standard InChI is InChI=1S/C13H22N2/c1-3-13(15,4-2)12(14)10-11-8-6-5-7-9-11/h5-9,12H,3-4,10,14-15H2,1-2H3. The van der Waals surface area contributed by atoms with Gasteiger partial charge in [-0.2, -0.15) is 0 Å². The van der Waals surface area contributed by atoms with Crippen LogP contribution in [0.2, 0.25) is 0 Å². The van der Waals surface area contributed by atoms with Gasteiger partial charge in [0.25, 0.3) is 0 Å². The predicted molar refractivity (Wildman–Crippen MR) is 65.6 cm³/mol. The molecule has 1 rings (SSSR count). The van der Waals surface area contributed by atoms with Gasteiger partial charge in [-0.1, -0.05) is 44.2 Å². The van der Waals surface area contributed by atoms with E-state index in [1.165, 1.54) is 5.56 Å². The zero-order valence-electron chi connectivity index (χ0n) is 9.74. The Bertz CT molecular complexity index is 278. The van der Waals surface area contributed by atoms with Crippen LogP contribution in [0, 0.1) is 0 Å². The molecule has 0 bridgehead atoms. The number of benzene rings is 1. The summed E-state index contributed by atoms with van der Waals surface area (Å²) in [7, 11) is 0. The smallest absolute Gasteiger partial charge is 0.0305 e. The summed E-state index contributed by atoms with van der Waals surface area (Å²) in [6, 6.07) is 10.3. The Morgan fingerprint density at radius 1 is 1.13 bits per heavy atom. The van der Waals surface area contributed by atoms with Crippen LogP contribution in [0.5, 0.6) is 0 Å². The van der Waals surface area contributed by atoms with E-state index in [9.17, 15) is 0 Å². The first-order valence-corrected chi connectivity index (χ1v) is 5.70. The Morgan fingerprint density at radius 2 is 1.67 bits per heavy atom. The molecular weight excluding hydrogens is 184 g/mol. The van der Waals surface area contributed by atoms with E-state index in [0.717, 1.165) is 19.3 Å². The van der Waals surface area contributed by atoms with Gasteiger partial charge in [0.1, 0.15) is 0 Å². The highest BCUT2D eigenvalue weighted by molar-refractivity contribution is 5.17. The molecule has 1 aromatic carbocycles. The fourth-order valence-corrected chi connectivity index (χ4v) is 1.85. The number of hydrogen-bond acceptors (Lipinski definition) is 2. The summed E-state index contributed by atoms with van der Waals surface area (Å²) < 4.78 is 0. The minimum Gasteiger partial charge on any atom is -0.326 e. The van der Waals surface area contributed by atoms with Crippen LogP contribution in [-0.2, 0) is 6.42 Å². The van der Waals surface area contributed by atoms with E-state index in [4.69, 9.17) is 11.5 Å². The molecule has 1 atom stereocenters.